The van der Waals surface area contributed by atoms with Crippen LogP contribution in [0.5, 0.6) is 0 Å². The van der Waals surface area contributed by atoms with Gasteiger partial charge in [-0.1, -0.05) is 35.9 Å². The number of hydrogen-bond donors (Lipinski definition) is 1. The van der Waals surface area contributed by atoms with Gasteiger partial charge in [-0.3, -0.25) is 14.9 Å². The first-order valence-electron chi connectivity index (χ1n) is 9.28. The van der Waals surface area contributed by atoms with E-state index in [0.717, 1.165) is 34.5 Å². The molecule has 0 bridgehead atoms. The largest absolute Gasteiger partial charge is 0.341 e. The van der Waals surface area contributed by atoms with E-state index in [0.29, 0.717) is 0 Å². The van der Waals surface area contributed by atoms with E-state index in [1.54, 1.807) is 6.21 Å². The molecule has 8 heteroatoms. The number of aromatic nitrogens is 1. The van der Waals surface area contributed by atoms with Gasteiger partial charge in [0.1, 0.15) is 5.02 Å². The van der Waals surface area contributed by atoms with Crippen LogP contribution in [0.3, 0.4) is 0 Å². The Hall–Kier alpha value is -3.71. The van der Waals surface area contributed by atoms with Crippen molar-refractivity contribution in [1.29, 1.82) is 0 Å². The summed E-state index contributed by atoms with van der Waals surface area (Å²) in [6.07, 6.45) is 1.54. The van der Waals surface area contributed by atoms with Gasteiger partial charge in [-0.2, -0.15) is 5.10 Å². The summed E-state index contributed by atoms with van der Waals surface area (Å²) in [4.78, 5) is 22.6. The highest BCUT2D eigenvalue weighted by Gasteiger charge is 2.16. The second-order valence-corrected chi connectivity index (χ2v) is 7.07. The van der Waals surface area contributed by atoms with E-state index < -0.39 is 10.8 Å². The van der Waals surface area contributed by atoms with Crippen LogP contribution in [0.2, 0.25) is 5.02 Å². The van der Waals surface area contributed by atoms with E-state index in [1.165, 1.54) is 17.6 Å². The van der Waals surface area contributed by atoms with Crippen molar-refractivity contribution in [3.05, 3.63) is 86.9 Å². The first-order chi connectivity index (χ1) is 14.5. The zero-order valence-electron chi connectivity index (χ0n) is 16.0. The predicted octanol–water partition coefficient (Wildman–Crippen LogP) is 5.14. The van der Waals surface area contributed by atoms with E-state index in [1.807, 2.05) is 30.3 Å². The molecule has 4 rings (SSSR count). The third-order valence-electron chi connectivity index (χ3n) is 4.90. The predicted molar refractivity (Wildman–Crippen MR) is 118 cm³/mol. The number of nitrogens with zero attached hydrogens (tertiary/aromatic N) is 3. The van der Waals surface area contributed by atoms with Crippen molar-refractivity contribution in [3.63, 3.8) is 0 Å². The molecule has 0 unspecified atom stereocenters. The zero-order chi connectivity index (χ0) is 21.3. The number of carbonyl (C=O) groups is 1. The number of fused-ring (bicyclic) bond motifs is 3. The number of benzene rings is 3. The highest BCUT2D eigenvalue weighted by molar-refractivity contribution is 6.32. The Labute approximate surface area is 176 Å². The van der Waals surface area contributed by atoms with Crippen LogP contribution in [0, 0.1) is 10.1 Å². The van der Waals surface area contributed by atoms with Gasteiger partial charge in [0.25, 0.3) is 11.6 Å². The minimum absolute atomic E-state index is 0.0282. The number of nitrogens with one attached hydrogen (secondary N) is 1. The lowest BCUT2D eigenvalue weighted by atomic mass is 10.1. The minimum Gasteiger partial charge on any atom is -0.341 e. The molecule has 30 heavy (non-hydrogen) atoms. The van der Waals surface area contributed by atoms with E-state index >= 15 is 0 Å². The van der Waals surface area contributed by atoms with Crippen molar-refractivity contribution in [2.45, 2.75) is 13.5 Å². The summed E-state index contributed by atoms with van der Waals surface area (Å²) in [5, 5.41) is 17.2. The molecular formula is C22H17ClN4O3. The van der Waals surface area contributed by atoms with Crippen molar-refractivity contribution in [3.8, 4) is 0 Å². The van der Waals surface area contributed by atoms with Gasteiger partial charge in [-0.05, 0) is 42.8 Å². The summed E-state index contributed by atoms with van der Waals surface area (Å²) in [6.45, 7) is 2.97. The highest BCUT2D eigenvalue weighted by Crippen LogP contribution is 2.29. The average Bonchev–Trinajstić information content (AvgIpc) is 3.07. The van der Waals surface area contributed by atoms with Crippen LogP contribution in [-0.4, -0.2) is 21.6 Å². The topological polar surface area (TPSA) is 89.5 Å². The molecule has 1 N–H and O–H groups in total. The van der Waals surface area contributed by atoms with Crippen molar-refractivity contribution < 1.29 is 9.72 Å². The molecule has 7 nitrogen and oxygen atoms in total. The SMILES string of the molecule is CCn1c2ccccc2c2cc(C=NNC(=O)c3ccc(Cl)c([N+](=O)[O-])c3)ccc21. The number of amides is 1. The molecule has 4 aromatic rings. The van der Waals surface area contributed by atoms with E-state index in [4.69, 9.17) is 11.6 Å². The number of aryl methyl sites for hydroxylation is 1. The molecule has 0 aliphatic heterocycles. The smallest absolute Gasteiger partial charge is 0.288 e. The second-order valence-electron chi connectivity index (χ2n) is 6.66. The number of nitro benzene ring substituents is 1. The first kappa shape index (κ1) is 19.6. The number of halogens is 1. The Bertz CT molecular complexity index is 1330. The molecule has 1 heterocycles. The maximum atomic E-state index is 12.3. The van der Waals surface area contributed by atoms with Gasteiger partial charge >= 0.3 is 0 Å². The molecule has 0 aliphatic carbocycles. The molecule has 0 fully saturated rings. The first-order valence-corrected chi connectivity index (χ1v) is 9.65. The Morgan fingerprint density at radius 3 is 2.67 bits per heavy atom. The van der Waals surface area contributed by atoms with Gasteiger partial charge in [0.2, 0.25) is 0 Å². The van der Waals surface area contributed by atoms with Gasteiger partial charge in [-0.15, -0.1) is 0 Å². The fourth-order valence-electron chi connectivity index (χ4n) is 3.52. The summed E-state index contributed by atoms with van der Waals surface area (Å²) in [5.74, 6) is -0.560. The third-order valence-corrected chi connectivity index (χ3v) is 5.22. The summed E-state index contributed by atoms with van der Waals surface area (Å²) in [5.41, 5.74) is 5.29. The van der Waals surface area contributed by atoms with Crippen LogP contribution in [0.15, 0.2) is 65.8 Å². The molecule has 0 atom stereocenters. The molecule has 0 spiro atoms. The van der Waals surface area contributed by atoms with Gasteiger partial charge in [-0.25, -0.2) is 5.43 Å². The molecular weight excluding hydrogens is 404 g/mol. The van der Waals surface area contributed by atoms with Crippen LogP contribution >= 0.6 is 11.6 Å². The Morgan fingerprint density at radius 2 is 1.90 bits per heavy atom. The quantitative estimate of drug-likeness (QED) is 0.275. The van der Waals surface area contributed by atoms with E-state index in [-0.39, 0.29) is 16.3 Å². The molecule has 0 radical (unpaired) electrons. The van der Waals surface area contributed by atoms with E-state index in [9.17, 15) is 14.9 Å². The summed E-state index contributed by atoms with van der Waals surface area (Å²) in [6, 6.07) is 18.0. The van der Waals surface area contributed by atoms with Crippen LogP contribution in [0.4, 0.5) is 5.69 Å². The van der Waals surface area contributed by atoms with Crippen LogP contribution in [0.25, 0.3) is 21.8 Å². The lowest BCUT2D eigenvalue weighted by molar-refractivity contribution is -0.384. The lowest BCUT2D eigenvalue weighted by Gasteiger charge is -2.03. The Kier molecular flexibility index (Phi) is 5.20. The molecule has 1 aromatic heterocycles. The number of rotatable bonds is 5. The van der Waals surface area contributed by atoms with Gasteiger partial charge in [0.05, 0.1) is 11.1 Å². The fraction of sp³-hybridized carbons (Fsp3) is 0.0909. The molecule has 0 saturated carbocycles. The third kappa shape index (κ3) is 3.51. The zero-order valence-corrected chi connectivity index (χ0v) is 16.8. The number of para-hydroxylation sites is 1. The van der Waals surface area contributed by atoms with Crippen molar-refractivity contribution in [2.75, 3.05) is 0 Å². The monoisotopic (exact) mass is 420 g/mol. The molecule has 1 amide bonds. The number of carbonyl (C=O) groups excluding carboxylic acids is 1. The Morgan fingerprint density at radius 1 is 1.13 bits per heavy atom. The van der Waals surface area contributed by atoms with Crippen LogP contribution in [-0.2, 0) is 6.54 Å². The Balaban J connectivity index is 1.59. The molecule has 3 aromatic carbocycles. The average molecular weight is 421 g/mol. The number of hydrogen-bond acceptors (Lipinski definition) is 4. The minimum atomic E-state index is -0.635. The lowest BCUT2D eigenvalue weighted by Crippen LogP contribution is -2.17. The summed E-state index contributed by atoms with van der Waals surface area (Å²) in [7, 11) is 0. The molecule has 0 saturated heterocycles. The van der Waals surface area contributed by atoms with E-state index in [2.05, 4.69) is 34.2 Å². The van der Waals surface area contributed by atoms with Crippen LogP contribution < -0.4 is 5.43 Å². The summed E-state index contributed by atoms with van der Waals surface area (Å²) >= 11 is 5.78. The van der Waals surface area contributed by atoms with Gasteiger partial charge in [0, 0.05) is 40.0 Å². The number of nitro groups is 1. The second kappa shape index (κ2) is 7.96. The van der Waals surface area contributed by atoms with Crippen molar-refractivity contribution in [2.24, 2.45) is 5.10 Å². The molecule has 0 aliphatic rings. The normalized spacial score (nSPS) is 11.4. The molecule has 150 valence electrons. The summed E-state index contributed by atoms with van der Waals surface area (Å²) < 4.78 is 2.25. The fourth-order valence-corrected chi connectivity index (χ4v) is 3.70. The number of hydrazone groups is 1. The standard InChI is InChI=1S/C22H17ClN4O3/c1-2-26-19-6-4-3-5-16(19)17-11-14(7-10-20(17)26)13-24-25-22(28)15-8-9-18(23)21(12-15)27(29)30/h3-13H,2H2,1H3,(H,25,28). The van der Waals surface area contributed by atoms with Crippen molar-refractivity contribution in [1.82, 2.24) is 9.99 Å². The maximum Gasteiger partial charge on any atom is 0.288 e. The highest BCUT2D eigenvalue weighted by atomic mass is 35.5. The maximum absolute atomic E-state index is 12.3. The van der Waals surface area contributed by atoms with Crippen molar-refractivity contribution >= 4 is 51.2 Å². The van der Waals surface area contributed by atoms with Gasteiger partial charge in [0.15, 0.2) is 0 Å². The van der Waals surface area contributed by atoms with Crippen LogP contribution in [0.1, 0.15) is 22.8 Å². The van der Waals surface area contributed by atoms with Gasteiger partial charge < -0.3 is 4.57 Å².